The predicted octanol–water partition coefficient (Wildman–Crippen LogP) is 2.87. The summed E-state index contributed by atoms with van der Waals surface area (Å²) in [7, 11) is 0. The number of cyclic esters (lactones) is 1. The van der Waals surface area contributed by atoms with Gasteiger partial charge in [-0.2, -0.15) is 0 Å². The second-order valence-corrected chi connectivity index (χ2v) is 8.40. The minimum Gasteiger partial charge on any atom is -0.402 e. The highest BCUT2D eigenvalue weighted by Crippen LogP contribution is 2.35. The van der Waals surface area contributed by atoms with Crippen LogP contribution in [0.25, 0.3) is 0 Å². The number of esters is 1. The average Bonchev–Trinajstić information content (AvgIpc) is 3.04. The van der Waals surface area contributed by atoms with Gasteiger partial charge in [-0.05, 0) is 42.7 Å². The molecular formula is C21H18BrN3O3. The lowest BCUT2D eigenvalue weighted by Crippen LogP contribution is -2.45. The molecule has 1 aromatic carbocycles. The van der Waals surface area contributed by atoms with Crippen molar-refractivity contribution in [3.63, 3.8) is 0 Å². The fraction of sp³-hybridized carbons (Fsp3) is 0.286. The van der Waals surface area contributed by atoms with Crippen molar-refractivity contribution in [3.05, 3.63) is 80.4 Å². The van der Waals surface area contributed by atoms with E-state index in [0.29, 0.717) is 17.5 Å². The fourth-order valence-electron chi connectivity index (χ4n) is 4.33. The first kappa shape index (κ1) is 17.4. The molecule has 0 saturated carbocycles. The van der Waals surface area contributed by atoms with E-state index < -0.39 is 5.97 Å². The third-order valence-corrected chi connectivity index (χ3v) is 6.05. The van der Waals surface area contributed by atoms with Gasteiger partial charge in [-0.1, -0.05) is 22.0 Å². The van der Waals surface area contributed by atoms with Crippen molar-refractivity contribution in [2.24, 2.45) is 10.9 Å². The summed E-state index contributed by atoms with van der Waals surface area (Å²) in [6, 6.07) is 13.0. The molecule has 1 aromatic heterocycles. The molecule has 6 nitrogen and oxygen atoms in total. The topological polar surface area (TPSA) is 63.9 Å². The number of nitrogens with zero attached hydrogens (tertiary/aromatic N) is 3. The van der Waals surface area contributed by atoms with Crippen molar-refractivity contribution in [2.45, 2.75) is 18.9 Å². The van der Waals surface area contributed by atoms with Gasteiger partial charge in [0.25, 0.3) is 5.56 Å². The van der Waals surface area contributed by atoms with Crippen molar-refractivity contribution in [1.82, 2.24) is 9.47 Å². The largest absolute Gasteiger partial charge is 0.402 e. The molecule has 142 valence electrons. The molecule has 3 aliphatic rings. The summed E-state index contributed by atoms with van der Waals surface area (Å²) in [5.41, 5.74) is 2.24. The molecule has 0 spiro atoms. The maximum absolute atomic E-state index is 12.3. The average molecular weight is 440 g/mol. The van der Waals surface area contributed by atoms with E-state index in [1.807, 2.05) is 47.2 Å². The number of rotatable bonds is 2. The fourth-order valence-corrected chi connectivity index (χ4v) is 4.59. The Kier molecular flexibility index (Phi) is 4.19. The highest BCUT2D eigenvalue weighted by molar-refractivity contribution is 9.10. The van der Waals surface area contributed by atoms with Crippen molar-refractivity contribution in [2.75, 3.05) is 13.1 Å². The molecule has 0 amide bonds. The molecule has 7 heteroatoms. The number of hydrogen-bond donors (Lipinski definition) is 0. The smallest absolute Gasteiger partial charge is 0.365 e. The van der Waals surface area contributed by atoms with Crippen LogP contribution in [-0.4, -0.2) is 34.4 Å². The summed E-state index contributed by atoms with van der Waals surface area (Å²) in [5.74, 6) is 0.573. The van der Waals surface area contributed by atoms with E-state index in [4.69, 9.17) is 4.74 Å². The lowest BCUT2D eigenvalue weighted by Gasteiger charge is -2.42. The first-order valence-corrected chi connectivity index (χ1v) is 10.1. The minimum atomic E-state index is -0.426. The molecule has 28 heavy (non-hydrogen) atoms. The number of fused-ring (bicyclic) bond motifs is 4. The number of hydrogen-bond acceptors (Lipinski definition) is 5. The highest BCUT2D eigenvalue weighted by Gasteiger charge is 2.34. The number of pyridine rings is 1. The van der Waals surface area contributed by atoms with Crippen LogP contribution in [0.15, 0.2) is 68.6 Å². The number of halogens is 1. The van der Waals surface area contributed by atoms with E-state index in [0.717, 1.165) is 41.8 Å². The van der Waals surface area contributed by atoms with Crippen LogP contribution < -0.4 is 5.56 Å². The first-order chi connectivity index (χ1) is 13.6. The number of carbonyl (C=O) groups excluding carboxylic acids is 1. The Balaban J connectivity index is 1.40. The van der Waals surface area contributed by atoms with Crippen LogP contribution >= 0.6 is 15.9 Å². The van der Waals surface area contributed by atoms with Crippen LogP contribution in [0, 0.1) is 5.92 Å². The van der Waals surface area contributed by atoms with Gasteiger partial charge in [0.2, 0.25) is 5.90 Å². The normalized spacial score (nSPS) is 24.8. The maximum Gasteiger partial charge on any atom is 0.365 e. The van der Waals surface area contributed by atoms with Gasteiger partial charge in [-0.25, -0.2) is 9.79 Å². The van der Waals surface area contributed by atoms with Crippen LogP contribution in [0.2, 0.25) is 0 Å². The molecule has 0 radical (unpaired) electrons. The van der Waals surface area contributed by atoms with Crippen molar-refractivity contribution >= 4 is 27.8 Å². The summed E-state index contributed by atoms with van der Waals surface area (Å²) in [4.78, 5) is 31.0. The molecule has 4 heterocycles. The van der Waals surface area contributed by atoms with Gasteiger partial charge in [0.15, 0.2) is 5.70 Å². The van der Waals surface area contributed by atoms with E-state index in [9.17, 15) is 9.59 Å². The number of benzene rings is 1. The molecule has 3 aliphatic heterocycles. The van der Waals surface area contributed by atoms with Gasteiger partial charge in [0.05, 0.1) is 0 Å². The van der Waals surface area contributed by atoms with Gasteiger partial charge in [-0.15, -0.1) is 0 Å². The van der Waals surface area contributed by atoms with Crippen LogP contribution in [0.3, 0.4) is 0 Å². The zero-order valence-corrected chi connectivity index (χ0v) is 16.6. The van der Waals surface area contributed by atoms with Crippen LogP contribution in [0.4, 0.5) is 0 Å². The number of piperidine rings is 1. The van der Waals surface area contributed by atoms with E-state index in [2.05, 4.69) is 25.8 Å². The van der Waals surface area contributed by atoms with E-state index in [1.165, 1.54) is 0 Å². The summed E-state index contributed by atoms with van der Waals surface area (Å²) < 4.78 is 8.22. The molecule has 2 atom stereocenters. The first-order valence-electron chi connectivity index (χ1n) is 9.29. The maximum atomic E-state index is 12.3. The van der Waals surface area contributed by atoms with E-state index in [-0.39, 0.29) is 11.5 Å². The monoisotopic (exact) mass is 439 g/mol. The number of carbonyl (C=O) groups is 1. The van der Waals surface area contributed by atoms with E-state index >= 15 is 0 Å². The van der Waals surface area contributed by atoms with Crippen molar-refractivity contribution < 1.29 is 9.53 Å². The Hall–Kier alpha value is -2.67. The molecule has 0 N–H and O–H groups in total. The van der Waals surface area contributed by atoms with Gasteiger partial charge in [0.1, 0.15) is 0 Å². The standard InChI is InChI=1S/C21H18BrN3O3/c22-16-6-4-14(5-7-16)20-23-17(21(27)28-20)12-24-9-13-8-15(11-24)18-2-1-3-19(26)25(18)10-13/h1-7,12-13,15H,8-11H2/b17-12+. The Labute approximate surface area is 170 Å². The molecular weight excluding hydrogens is 422 g/mol. The van der Waals surface area contributed by atoms with Gasteiger partial charge in [0, 0.05) is 53.5 Å². The summed E-state index contributed by atoms with van der Waals surface area (Å²) in [5, 5.41) is 0. The number of likely N-dealkylation sites (tertiary alicyclic amines) is 1. The third-order valence-electron chi connectivity index (χ3n) is 5.52. The molecule has 2 bridgehead atoms. The number of aliphatic imine (C=N–C) groups is 1. The number of ether oxygens (including phenoxy) is 1. The summed E-state index contributed by atoms with van der Waals surface area (Å²) in [6.07, 6.45) is 2.88. The zero-order valence-electron chi connectivity index (χ0n) is 15.0. The lowest BCUT2D eigenvalue weighted by molar-refractivity contribution is -0.130. The number of aromatic nitrogens is 1. The molecule has 2 unspecified atom stereocenters. The minimum absolute atomic E-state index is 0.0714. The Morgan fingerprint density at radius 1 is 1.07 bits per heavy atom. The predicted molar refractivity (Wildman–Crippen MR) is 108 cm³/mol. The Morgan fingerprint density at radius 2 is 1.89 bits per heavy atom. The SMILES string of the molecule is O=C1OC(c2ccc(Br)cc2)=N/C1=C/N1CC2CC(C1)c1cccc(=O)n1C2. The Morgan fingerprint density at radius 3 is 2.71 bits per heavy atom. The quantitative estimate of drug-likeness (QED) is 0.532. The highest BCUT2D eigenvalue weighted by atomic mass is 79.9. The third kappa shape index (κ3) is 3.09. The zero-order chi connectivity index (χ0) is 19.3. The molecule has 5 rings (SSSR count). The molecule has 2 aromatic rings. The second-order valence-electron chi connectivity index (χ2n) is 7.48. The molecule has 1 fully saturated rings. The van der Waals surface area contributed by atoms with Crippen LogP contribution in [0.5, 0.6) is 0 Å². The summed E-state index contributed by atoms with van der Waals surface area (Å²) >= 11 is 3.40. The Bertz CT molecular complexity index is 1070. The van der Waals surface area contributed by atoms with Gasteiger partial charge in [-0.3, -0.25) is 4.79 Å². The molecule has 1 saturated heterocycles. The summed E-state index contributed by atoms with van der Waals surface area (Å²) in [6.45, 7) is 2.29. The lowest BCUT2D eigenvalue weighted by atomic mass is 9.83. The van der Waals surface area contributed by atoms with Crippen LogP contribution in [0.1, 0.15) is 23.6 Å². The van der Waals surface area contributed by atoms with Gasteiger partial charge >= 0.3 is 5.97 Å². The molecule has 0 aliphatic carbocycles. The van der Waals surface area contributed by atoms with Crippen molar-refractivity contribution in [1.29, 1.82) is 0 Å². The van der Waals surface area contributed by atoms with E-state index in [1.54, 1.807) is 6.07 Å². The van der Waals surface area contributed by atoms with Crippen LogP contribution in [-0.2, 0) is 16.1 Å². The second kappa shape index (κ2) is 6.74. The van der Waals surface area contributed by atoms with Crippen molar-refractivity contribution in [3.8, 4) is 0 Å². The van der Waals surface area contributed by atoms with Gasteiger partial charge < -0.3 is 14.2 Å².